The number of hydrogen-bond acceptors (Lipinski definition) is 5. The number of amides is 1. The van der Waals surface area contributed by atoms with Gasteiger partial charge in [0.05, 0.1) is 24.9 Å². The molecule has 1 amide bonds. The molecule has 0 saturated carbocycles. The number of hydrogen-bond donors (Lipinski definition) is 1. The zero-order valence-corrected chi connectivity index (χ0v) is 17.3. The summed E-state index contributed by atoms with van der Waals surface area (Å²) in [5.41, 5.74) is 6.12. The van der Waals surface area contributed by atoms with E-state index in [1.165, 1.54) is 0 Å². The zero-order valence-electron chi connectivity index (χ0n) is 17.3. The molecule has 1 aromatic carbocycles. The number of carbonyl (C=O) groups is 1. The van der Waals surface area contributed by atoms with Crippen molar-refractivity contribution in [3.8, 4) is 0 Å². The Morgan fingerprint density at radius 2 is 1.79 bits per heavy atom. The van der Waals surface area contributed by atoms with Crippen LogP contribution in [0.3, 0.4) is 0 Å². The van der Waals surface area contributed by atoms with Gasteiger partial charge in [-0.15, -0.1) is 0 Å². The average Bonchev–Trinajstić information content (AvgIpc) is 2.97. The highest BCUT2D eigenvalue weighted by Gasteiger charge is 2.50. The molecule has 162 valence electrons. The summed E-state index contributed by atoms with van der Waals surface area (Å²) in [5, 5.41) is 0. The Hall–Kier alpha value is -1.77. The van der Waals surface area contributed by atoms with Gasteiger partial charge in [-0.3, -0.25) is 4.90 Å². The van der Waals surface area contributed by atoms with Crippen molar-refractivity contribution in [2.75, 3.05) is 26.2 Å². The van der Waals surface area contributed by atoms with E-state index in [1.807, 2.05) is 25.7 Å². The number of halogens is 2. The van der Waals surface area contributed by atoms with Crippen LogP contribution in [0.5, 0.6) is 0 Å². The summed E-state index contributed by atoms with van der Waals surface area (Å²) in [6, 6.07) is 5.13. The smallest absolute Gasteiger partial charge is 0.410 e. The summed E-state index contributed by atoms with van der Waals surface area (Å²) in [6.45, 7) is 9.36. The first-order valence-corrected chi connectivity index (χ1v) is 10.2. The number of carbonyl (C=O) groups excluding carboxylic acids is 1. The van der Waals surface area contributed by atoms with E-state index in [1.54, 1.807) is 0 Å². The normalized spacial score (nSPS) is 31.6. The Bertz CT molecular complexity index is 667. The van der Waals surface area contributed by atoms with Crippen LogP contribution in [0.1, 0.15) is 27.2 Å². The van der Waals surface area contributed by atoms with Crippen LogP contribution >= 0.6 is 0 Å². The second kappa shape index (κ2) is 9.36. The molecule has 2 N–H and O–H groups in total. The number of benzene rings is 1. The molecule has 3 saturated heterocycles. The number of likely N-dealkylation sites (tertiary alicyclic amines) is 2. The largest absolute Gasteiger partial charge is 0.447 e. The second-order valence-corrected chi connectivity index (χ2v) is 8.39. The first-order valence-electron chi connectivity index (χ1n) is 10.2. The van der Waals surface area contributed by atoms with Crippen molar-refractivity contribution in [1.82, 2.24) is 9.80 Å². The minimum atomic E-state index is -0.411. The molecule has 6 nitrogen and oxygen atoms in total. The van der Waals surface area contributed by atoms with Crippen LogP contribution in [-0.4, -0.2) is 72.5 Å². The molecule has 0 aliphatic carbocycles. The summed E-state index contributed by atoms with van der Waals surface area (Å²) in [4.78, 5) is 16.3. The number of rotatable bonds is 2. The predicted octanol–water partition coefficient (Wildman–Crippen LogP) is 2.62. The van der Waals surface area contributed by atoms with E-state index in [2.05, 4.69) is 4.90 Å². The van der Waals surface area contributed by atoms with E-state index in [0.717, 1.165) is 56.9 Å². The molecule has 8 heteroatoms. The van der Waals surface area contributed by atoms with Gasteiger partial charge >= 0.3 is 6.09 Å². The molecule has 0 bridgehead atoms. The third-order valence-corrected chi connectivity index (χ3v) is 5.86. The Kier molecular flexibility index (Phi) is 7.08. The summed E-state index contributed by atoms with van der Waals surface area (Å²) in [6.07, 6.45) is 0.911. The molecule has 3 fully saturated rings. The molecule has 0 spiro atoms. The fourth-order valence-electron chi connectivity index (χ4n) is 4.09. The molecule has 0 aromatic heterocycles. The number of fused-ring (bicyclic) bond motifs is 1. The lowest BCUT2D eigenvalue weighted by molar-refractivity contribution is -0.0351. The maximum absolute atomic E-state index is 12.0. The van der Waals surface area contributed by atoms with Gasteiger partial charge in [-0.25, -0.2) is 13.6 Å². The molecule has 4 rings (SSSR count). The maximum atomic E-state index is 12.0. The molecule has 1 aromatic rings. The van der Waals surface area contributed by atoms with Crippen molar-refractivity contribution in [3.05, 3.63) is 35.9 Å². The van der Waals surface area contributed by atoms with Gasteiger partial charge in [0.15, 0.2) is 0 Å². The molecule has 29 heavy (non-hydrogen) atoms. The van der Waals surface area contributed by atoms with Crippen LogP contribution in [-0.2, 0) is 9.47 Å². The van der Waals surface area contributed by atoms with Gasteiger partial charge in [-0.05, 0) is 51.5 Å². The molecular weight excluding hydrogens is 380 g/mol. The summed E-state index contributed by atoms with van der Waals surface area (Å²) in [5.74, 6) is -0.238. The third-order valence-electron chi connectivity index (χ3n) is 5.86. The van der Waals surface area contributed by atoms with Gasteiger partial charge in [0.1, 0.15) is 11.6 Å². The Morgan fingerprint density at radius 1 is 1.17 bits per heavy atom. The van der Waals surface area contributed by atoms with Crippen molar-refractivity contribution in [3.63, 3.8) is 0 Å². The van der Waals surface area contributed by atoms with Crippen LogP contribution in [0.25, 0.3) is 0 Å². The Labute approximate surface area is 170 Å². The average molecular weight is 411 g/mol. The molecule has 4 unspecified atom stereocenters. The fourth-order valence-corrected chi connectivity index (χ4v) is 4.09. The molecule has 3 aliphatic heterocycles. The van der Waals surface area contributed by atoms with Crippen molar-refractivity contribution < 1.29 is 23.0 Å². The Morgan fingerprint density at radius 3 is 2.34 bits per heavy atom. The van der Waals surface area contributed by atoms with Crippen molar-refractivity contribution in [2.24, 2.45) is 11.7 Å². The second-order valence-electron chi connectivity index (χ2n) is 8.39. The van der Waals surface area contributed by atoms with E-state index >= 15 is 0 Å². The number of nitrogens with two attached hydrogens (primary N) is 1. The topological polar surface area (TPSA) is 68.0 Å². The van der Waals surface area contributed by atoms with Crippen LogP contribution in [0.2, 0.25) is 0 Å². The minimum absolute atomic E-state index is 0.0553. The first-order chi connectivity index (χ1) is 13.7. The lowest BCUT2D eigenvalue weighted by Crippen LogP contribution is -2.58. The van der Waals surface area contributed by atoms with Gasteiger partial charge in [0, 0.05) is 37.6 Å². The van der Waals surface area contributed by atoms with Crippen LogP contribution in [0.4, 0.5) is 13.6 Å². The minimum Gasteiger partial charge on any atom is -0.447 e. The zero-order chi connectivity index (χ0) is 21.1. The third kappa shape index (κ3) is 5.43. The molecule has 0 radical (unpaired) electrons. The fraction of sp³-hybridized carbons (Fsp3) is 0.667. The highest BCUT2D eigenvalue weighted by atomic mass is 19.1. The maximum Gasteiger partial charge on any atom is 0.410 e. The highest BCUT2D eigenvalue weighted by Crippen LogP contribution is 2.35. The summed E-state index contributed by atoms with van der Waals surface area (Å²) in [7, 11) is 0. The monoisotopic (exact) mass is 411 g/mol. The van der Waals surface area contributed by atoms with Gasteiger partial charge in [-0.2, -0.15) is 0 Å². The quantitative estimate of drug-likeness (QED) is 0.810. The predicted molar refractivity (Wildman–Crippen MR) is 105 cm³/mol. The summed E-state index contributed by atoms with van der Waals surface area (Å²) < 4.78 is 34.9. The lowest BCUT2D eigenvalue weighted by Gasteiger charge is -2.42. The number of nitrogens with zero attached hydrogens (tertiary/aromatic N) is 2. The van der Waals surface area contributed by atoms with Crippen LogP contribution in [0.15, 0.2) is 24.3 Å². The summed E-state index contributed by atoms with van der Waals surface area (Å²) >= 11 is 0. The lowest BCUT2D eigenvalue weighted by atomic mass is 9.93. The van der Waals surface area contributed by atoms with Crippen molar-refractivity contribution in [2.45, 2.75) is 57.5 Å². The SMILES string of the molecule is CC(C)OC(=O)N1CC2CN(C3CO[C@H](C)C(N)C3)CC21.Fc1ccc(F)cc1. The molecule has 5 atom stereocenters. The standard InChI is InChI=1S/C15H27N3O3.C6H4F2/c1-9(2)21-15(19)18-6-11-5-17(7-14(11)18)12-4-13(16)10(3)20-8-12;7-5-1-2-6(8)4-3-5/h9-14H,4-8,16H2,1-3H3;1-4H/t10-,11?,12?,13?,14?;/m1./s1. The van der Waals surface area contributed by atoms with E-state index in [4.69, 9.17) is 15.2 Å². The van der Waals surface area contributed by atoms with E-state index in [-0.39, 0.29) is 24.3 Å². The highest BCUT2D eigenvalue weighted by molar-refractivity contribution is 5.69. The van der Waals surface area contributed by atoms with Gasteiger partial charge < -0.3 is 20.1 Å². The van der Waals surface area contributed by atoms with Crippen LogP contribution in [0, 0.1) is 17.6 Å². The first kappa shape index (κ1) is 21.9. The Balaban J connectivity index is 0.000000252. The molecular formula is C21H31F2N3O3. The van der Waals surface area contributed by atoms with Crippen molar-refractivity contribution in [1.29, 1.82) is 0 Å². The van der Waals surface area contributed by atoms with Crippen molar-refractivity contribution >= 4 is 6.09 Å². The molecule has 3 heterocycles. The van der Waals surface area contributed by atoms with E-state index < -0.39 is 11.6 Å². The van der Waals surface area contributed by atoms with Gasteiger partial charge in [-0.1, -0.05) is 0 Å². The van der Waals surface area contributed by atoms with E-state index in [0.29, 0.717) is 18.0 Å². The van der Waals surface area contributed by atoms with Gasteiger partial charge in [0.2, 0.25) is 0 Å². The number of ether oxygens (including phenoxy) is 2. The van der Waals surface area contributed by atoms with E-state index in [9.17, 15) is 13.6 Å². The van der Waals surface area contributed by atoms with Crippen LogP contribution < -0.4 is 5.73 Å². The molecule has 3 aliphatic rings. The van der Waals surface area contributed by atoms with Gasteiger partial charge in [0.25, 0.3) is 0 Å².